The first-order chi connectivity index (χ1) is 9.97. The molecular formula is C16H23N3O2. The SMILES string of the molecule is CC(CC(=O)N1CCCC(C(N)=O)C1)c1ccc(N)cc1. The molecule has 2 atom stereocenters. The maximum Gasteiger partial charge on any atom is 0.223 e. The van der Waals surface area contributed by atoms with Gasteiger partial charge in [0.1, 0.15) is 0 Å². The third-order valence-electron chi connectivity index (χ3n) is 4.16. The van der Waals surface area contributed by atoms with Gasteiger partial charge in [0.05, 0.1) is 5.92 Å². The fraction of sp³-hybridized carbons (Fsp3) is 0.500. The van der Waals surface area contributed by atoms with E-state index in [0.29, 0.717) is 13.0 Å². The summed E-state index contributed by atoms with van der Waals surface area (Å²) in [6, 6.07) is 7.60. The Labute approximate surface area is 125 Å². The number of anilines is 1. The number of carbonyl (C=O) groups excluding carboxylic acids is 2. The first-order valence-corrected chi connectivity index (χ1v) is 7.40. The highest BCUT2D eigenvalue weighted by molar-refractivity contribution is 5.80. The summed E-state index contributed by atoms with van der Waals surface area (Å²) in [6.45, 7) is 3.21. The zero-order valence-corrected chi connectivity index (χ0v) is 12.4. The lowest BCUT2D eigenvalue weighted by molar-refractivity contribution is -0.135. The number of nitrogen functional groups attached to an aromatic ring is 1. The summed E-state index contributed by atoms with van der Waals surface area (Å²) in [7, 11) is 0. The quantitative estimate of drug-likeness (QED) is 0.823. The third-order valence-corrected chi connectivity index (χ3v) is 4.16. The average molecular weight is 289 g/mol. The lowest BCUT2D eigenvalue weighted by Crippen LogP contribution is -2.44. The van der Waals surface area contributed by atoms with E-state index >= 15 is 0 Å². The van der Waals surface area contributed by atoms with Crippen molar-refractivity contribution in [3.05, 3.63) is 29.8 Å². The van der Waals surface area contributed by atoms with Crippen LogP contribution in [-0.2, 0) is 9.59 Å². The number of nitrogens with two attached hydrogens (primary N) is 2. The summed E-state index contributed by atoms with van der Waals surface area (Å²) >= 11 is 0. The van der Waals surface area contributed by atoms with Crippen LogP contribution in [0.5, 0.6) is 0 Å². The molecule has 1 aliphatic heterocycles. The van der Waals surface area contributed by atoms with Crippen LogP contribution in [0, 0.1) is 5.92 Å². The van der Waals surface area contributed by atoms with Gasteiger partial charge in [-0.05, 0) is 36.5 Å². The van der Waals surface area contributed by atoms with Crippen molar-refractivity contribution in [2.24, 2.45) is 11.7 Å². The molecule has 2 rings (SSSR count). The molecule has 0 aromatic heterocycles. The zero-order valence-electron chi connectivity index (χ0n) is 12.4. The van der Waals surface area contributed by atoms with Gasteiger partial charge in [0, 0.05) is 25.2 Å². The summed E-state index contributed by atoms with van der Waals surface area (Å²) in [5.41, 5.74) is 12.8. The summed E-state index contributed by atoms with van der Waals surface area (Å²) in [5, 5.41) is 0. The second kappa shape index (κ2) is 6.61. The Morgan fingerprint density at radius 1 is 1.33 bits per heavy atom. The van der Waals surface area contributed by atoms with E-state index in [0.717, 1.165) is 30.6 Å². The smallest absolute Gasteiger partial charge is 0.223 e. The fourth-order valence-electron chi connectivity index (χ4n) is 2.77. The highest BCUT2D eigenvalue weighted by atomic mass is 16.2. The Bertz CT molecular complexity index is 513. The molecule has 1 aromatic carbocycles. The van der Waals surface area contributed by atoms with Crippen molar-refractivity contribution in [2.45, 2.75) is 32.1 Å². The summed E-state index contributed by atoms with van der Waals surface area (Å²) in [5.74, 6) is -0.286. The fourth-order valence-corrected chi connectivity index (χ4v) is 2.77. The lowest BCUT2D eigenvalue weighted by Gasteiger charge is -2.32. The van der Waals surface area contributed by atoms with Crippen LogP contribution in [0.1, 0.15) is 37.7 Å². The molecule has 1 fully saturated rings. The molecule has 4 N–H and O–H groups in total. The van der Waals surface area contributed by atoms with E-state index in [9.17, 15) is 9.59 Å². The standard InChI is InChI=1S/C16H23N3O2/c1-11(12-4-6-14(17)7-5-12)9-15(20)19-8-2-3-13(10-19)16(18)21/h4-7,11,13H,2-3,8-10,17H2,1H3,(H2,18,21). The van der Waals surface area contributed by atoms with E-state index < -0.39 is 0 Å². The Hall–Kier alpha value is -2.04. The molecule has 2 amide bonds. The van der Waals surface area contributed by atoms with Crippen LogP contribution >= 0.6 is 0 Å². The molecule has 114 valence electrons. The highest BCUT2D eigenvalue weighted by Gasteiger charge is 2.27. The predicted molar refractivity (Wildman–Crippen MR) is 82.4 cm³/mol. The number of rotatable bonds is 4. The van der Waals surface area contributed by atoms with Crippen molar-refractivity contribution in [1.29, 1.82) is 0 Å². The number of nitrogens with zero attached hydrogens (tertiary/aromatic N) is 1. The molecule has 21 heavy (non-hydrogen) atoms. The van der Waals surface area contributed by atoms with Crippen molar-refractivity contribution >= 4 is 17.5 Å². The molecular weight excluding hydrogens is 266 g/mol. The van der Waals surface area contributed by atoms with E-state index in [4.69, 9.17) is 11.5 Å². The average Bonchev–Trinajstić information content (AvgIpc) is 2.48. The molecule has 1 aromatic rings. The van der Waals surface area contributed by atoms with Gasteiger partial charge in [-0.3, -0.25) is 9.59 Å². The van der Waals surface area contributed by atoms with Gasteiger partial charge in [-0.2, -0.15) is 0 Å². The summed E-state index contributed by atoms with van der Waals surface area (Å²) in [4.78, 5) is 25.4. The number of hydrogen-bond acceptors (Lipinski definition) is 3. The Morgan fingerprint density at radius 2 is 2.00 bits per heavy atom. The number of likely N-dealkylation sites (tertiary alicyclic amines) is 1. The van der Waals surface area contributed by atoms with Crippen LogP contribution < -0.4 is 11.5 Å². The molecule has 0 bridgehead atoms. The number of hydrogen-bond donors (Lipinski definition) is 2. The molecule has 0 radical (unpaired) electrons. The maximum absolute atomic E-state index is 12.4. The number of benzene rings is 1. The Balaban J connectivity index is 1.94. The van der Waals surface area contributed by atoms with E-state index in [1.165, 1.54) is 0 Å². The Morgan fingerprint density at radius 3 is 2.62 bits per heavy atom. The molecule has 0 spiro atoms. The van der Waals surface area contributed by atoms with Gasteiger partial charge in [0.25, 0.3) is 0 Å². The second-order valence-corrected chi connectivity index (χ2v) is 5.85. The van der Waals surface area contributed by atoms with Gasteiger partial charge in [0.15, 0.2) is 0 Å². The van der Waals surface area contributed by atoms with E-state index in [2.05, 4.69) is 0 Å². The monoisotopic (exact) mass is 289 g/mol. The summed E-state index contributed by atoms with van der Waals surface area (Å²) < 4.78 is 0. The maximum atomic E-state index is 12.4. The number of amides is 2. The third kappa shape index (κ3) is 3.97. The normalized spacial score (nSPS) is 20.0. The molecule has 0 saturated carbocycles. The van der Waals surface area contributed by atoms with Crippen LogP contribution in [-0.4, -0.2) is 29.8 Å². The van der Waals surface area contributed by atoms with E-state index in [-0.39, 0.29) is 23.7 Å². The lowest BCUT2D eigenvalue weighted by atomic mass is 9.94. The molecule has 0 aliphatic carbocycles. The van der Waals surface area contributed by atoms with E-state index in [1.54, 1.807) is 4.90 Å². The molecule has 1 saturated heterocycles. The van der Waals surface area contributed by atoms with Gasteiger partial charge in [-0.1, -0.05) is 19.1 Å². The molecule has 5 heteroatoms. The first kappa shape index (κ1) is 15.4. The van der Waals surface area contributed by atoms with Gasteiger partial charge >= 0.3 is 0 Å². The van der Waals surface area contributed by atoms with Crippen molar-refractivity contribution in [3.8, 4) is 0 Å². The van der Waals surface area contributed by atoms with Crippen LogP contribution in [0.15, 0.2) is 24.3 Å². The molecule has 2 unspecified atom stereocenters. The van der Waals surface area contributed by atoms with Gasteiger partial charge in [-0.15, -0.1) is 0 Å². The van der Waals surface area contributed by atoms with Crippen molar-refractivity contribution in [2.75, 3.05) is 18.8 Å². The van der Waals surface area contributed by atoms with Crippen molar-refractivity contribution < 1.29 is 9.59 Å². The predicted octanol–water partition coefficient (Wildman–Crippen LogP) is 1.49. The first-order valence-electron chi connectivity index (χ1n) is 7.40. The number of carbonyl (C=O) groups is 2. The molecule has 1 heterocycles. The van der Waals surface area contributed by atoms with Crippen molar-refractivity contribution in [3.63, 3.8) is 0 Å². The number of primary amides is 1. The van der Waals surface area contributed by atoms with Gasteiger partial charge in [-0.25, -0.2) is 0 Å². The minimum absolute atomic E-state index is 0.0882. The largest absolute Gasteiger partial charge is 0.399 e. The summed E-state index contributed by atoms with van der Waals surface area (Å²) in [6.07, 6.45) is 2.07. The van der Waals surface area contributed by atoms with Crippen LogP contribution in [0.2, 0.25) is 0 Å². The molecule has 1 aliphatic rings. The minimum Gasteiger partial charge on any atom is -0.399 e. The zero-order chi connectivity index (χ0) is 15.4. The van der Waals surface area contributed by atoms with Crippen LogP contribution in [0.25, 0.3) is 0 Å². The molecule has 5 nitrogen and oxygen atoms in total. The van der Waals surface area contributed by atoms with Gasteiger partial charge < -0.3 is 16.4 Å². The number of piperidine rings is 1. The van der Waals surface area contributed by atoms with Crippen LogP contribution in [0.4, 0.5) is 5.69 Å². The van der Waals surface area contributed by atoms with Crippen LogP contribution in [0.3, 0.4) is 0 Å². The highest BCUT2D eigenvalue weighted by Crippen LogP contribution is 2.23. The minimum atomic E-state index is -0.306. The van der Waals surface area contributed by atoms with Gasteiger partial charge in [0.2, 0.25) is 11.8 Å². The Kier molecular flexibility index (Phi) is 4.83. The van der Waals surface area contributed by atoms with Crippen molar-refractivity contribution in [1.82, 2.24) is 4.90 Å². The topological polar surface area (TPSA) is 89.4 Å². The van der Waals surface area contributed by atoms with E-state index in [1.807, 2.05) is 31.2 Å². The second-order valence-electron chi connectivity index (χ2n) is 5.85.